The second kappa shape index (κ2) is 57.9. The molecule has 0 fully saturated rings. The smallest absolute Gasteiger partial charge is 0.462 e. The number of esters is 1. The third kappa shape index (κ3) is 39.5. The summed E-state index contributed by atoms with van der Waals surface area (Å²) < 4.78 is 75.5. The van der Waals surface area contributed by atoms with Gasteiger partial charge in [0.25, 0.3) is 0 Å². The van der Waals surface area contributed by atoms with Crippen LogP contribution in [0.25, 0.3) is 0 Å². The van der Waals surface area contributed by atoms with Crippen molar-refractivity contribution in [1.82, 2.24) is 39.8 Å². The minimum absolute atomic E-state index is 0.0696. The van der Waals surface area contributed by atoms with Crippen LogP contribution in [0.5, 0.6) is 0 Å². The molecule has 34 heteroatoms. The van der Waals surface area contributed by atoms with Crippen LogP contribution in [0.2, 0.25) is 18.1 Å². The number of urea groups is 3. The van der Waals surface area contributed by atoms with Gasteiger partial charge in [0.15, 0.2) is 0 Å². The summed E-state index contributed by atoms with van der Waals surface area (Å²) in [7, 11) is 5.05. The molecule has 6 amide bonds. The summed E-state index contributed by atoms with van der Waals surface area (Å²) in [5.74, 6) is -1.18. The maximum absolute atomic E-state index is 14.3. The first-order valence-electron chi connectivity index (χ1n) is 37.8. The lowest BCUT2D eigenvalue weighted by molar-refractivity contribution is -0.159. The number of ether oxygens (including phenoxy) is 3. The van der Waals surface area contributed by atoms with Gasteiger partial charge in [0, 0.05) is 154 Å². The van der Waals surface area contributed by atoms with Gasteiger partial charge in [-0.15, -0.1) is 0 Å². The molecule has 1 heterocycles. The van der Waals surface area contributed by atoms with Crippen LogP contribution in [0, 0.1) is 5.41 Å². The molecule has 0 aliphatic carbocycles. The number of carbonyl (C=O) groups is 4. The predicted octanol–water partition coefficient (Wildman–Crippen LogP) is 7.28. The molecule has 604 valence electrons. The summed E-state index contributed by atoms with van der Waals surface area (Å²) >= 11 is 0. The van der Waals surface area contributed by atoms with Crippen molar-refractivity contribution in [2.24, 2.45) is 10.4 Å². The van der Waals surface area contributed by atoms with Crippen molar-refractivity contribution in [2.75, 3.05) is 162 Å². The van der Waals surface area contributed by atoms with E-state index in [1.165, 1.54) is 52.1 Å². The highest BCUT2D eigenvalue weighted by atomic mass is 28.4. The Kier molecular flexibility index (Phi) is 54.4. The molecule has 0 aliphatic heterocycles. The van der Waals surface area contributed by atoms with Crippen LogP contribution in [0.1, 0.15) is 189 Å². The highest BCUT2D eigenvalue weighted by molar-refractivity contribution is 6.61. The van der Waals surface area contributed by atoms with Crippen molar-refractivity contribution in [3.63, 3.8) is 0 Å². The summed E-state index contributed by atoms with van der Waals surface area (Å²) in [6.07, 6.45) is 13.9. The molecular weight excluding hydrogens is 1390 g/mol. The quantitative estimate of drug-likeness (QED) is 0.0212. The van der Waals surface area contributed by atoms with E-state index in [0.29, 0.717) is 160 Å². The van der Waals surface area contributed by atoms with Crippen LogP contribution < -0.4 is 33.1 Å². The molecule has 0 radical (unpaired) electrons. The number of nitrogens with zero attached hydrogens (tertiary/aromatic N) is 6. The Bertz CT molecular complexity index is 2550. The molecule has 6 N–H and O–H groups in total. The number of carbonyl (C=O) groups excluding carboxylic acids is 4. The number of nitrogens with one attached hydrogen (secondary N) is 3. The van der Waals surface area contributed by atoms with Crippen molar-refractivity contribution >= 4 is 50.5 Å². The summed E-state index contributed by atoms with van der Waals surface area (Å²) in [5.41, 5.74) is -1.28. The lowest BCUT2D eigenvalue weighted by Gasteiger charge is -2.29. The van der Waals surface area contributed by atoms with Crippen LogP contribution >= 0.6 is 0 Å². The van der Waals surface area contributed by atoms with Crippen LogP contribution in [0.3, 0.4) is 0 Å². The van der Waals surface area contributed by atoms with Gasteiger partial charge in [-0.25, -0.2) is 38.1 Å². The van der Waals surface area contributed by atoms with E-state index < -0.39 is 67.6 Å². The van der Waals surface area contributed by atoms with Gasteiger partial charge in [0.2, 0.25) is 0 Å². The summed E-state index contributed by atoms with van der Waals surface area (Å²) in [6, 6.07) is 0.317. The van der Waals surface area contributed by atoms with Crippen molar-refractivity contribution < 1.29 is 93.0 Å². The molecular formula is C69H139N9O22Si3. The Labute approximate surface area is 618 Å². The Morgan fingerprint density at radius 2 is 0.825 bits per heavy atom. The molecule has 103 heavy (non-hydrogen) atoms. The van der Waals surface area contributed by atoms with E-state index in [0.717, 1.165) is 62.4 Å². The highest BCUT2D eigenvalue weighted by Gasteiger charge is 2.40. The number of hydrogen-bond acceptors (Lipinski definition) is 23. The van der Waals surface area contributed by atoms with Crippen LogP contribution in [0.15, 0.2) is 19.0 Å². The Morgan fingerprint density at radius 3 is 1.19 bits per heavy atom. The molecule has 0 aliphatic rings. The molecule has 4 unspecified atom stereocenters. The van der Waals surface area contributed by atoms with Gasteiger partial charge >= 0.3 is 67.6 Å². The molecule has 1 rings (SSSR count). The van der Waals surface area contributed by atoms with Gasteiger partial charge in [-0.2, -0.15) is 0 Å². The molecule has 0 spiro atoms. The third-order valence-electron chi connectivity index (χ3n) is 18.2. The van der Waals surface area contributed by atoms with E-state index in [2.05, 4.69) is 41.7 Å². The fourth-order valence-electron chi connectivity index (χ4n) is 11.8. The number of aromatic nitrogens is 2. The summed E-state index contributed by atoms with van der Waals surface area (Å²) in [4.78, 5) is 91.3. The zero-order valence-corrected chi connectivity index (χ0v) is 68.6. The van der Waals surface area contributed by atoms with Crippen molar-refractivity contribution in [3.8, 4) is 0 Å². The van der Waals surface area contributed by atoms with E-state index in [1.54, 1.807) is 31.1 Å². The number of aliphatic hydroxyl groups is 3. The van der Waals surface area contributed by atoms with Gasteiger partial charge in [-0.3, -0.25) is 4.79 Å². The molecule has 0 bridgehead atoms. The number of hydrogen-bond donors (Lipinski definition) is 6. The molecule has 0 saturated heterocycles. The van der Waals surface area contributed by atoms with Gasteiger partial charge in [0.05, 0.1) is 50.5 Å². The van der Waals surface area contributed by atoms with Gasteiger partial charge in [0.1, 0.15) is 12.7 Å². The van der Waals surface area contributed by atoms with Crippen molar-refractivity contribution in [3.05, 3.63) is 26.7 Å². The molecule has 31 nitrogen and oxygen atoms in total. The second-order valence-corrected chi connectivity index (χ2v) is 35.7. The Morgan fingerprint density at radius 1 is 0.466 bits per heavy atom. The lowest BCUT2D eigenvalue weighted by atomic mass is 9.81. The topological polar surface area (TPSA) is 355 Å². The Hall–Kier alpha value is -4.22. The molecule has 1 aromatic heterocycles. The maximum Gasteiger partial charge on any atom is 0.500 e. The van der Waals surface area contributed by atoms with Gasteiger partial charge in [-0.05, 0) is 90.4 Å². The molecule has 4 atom stereocenters. The second-order valence-electron chi connectivity index (χ2n) is 26.4. The Balaban J connectivity index is 3.25. The fraction of sp³-hybridized carbons (Fsp3) is 0.899. The first-order valence-corrected chi connectivity index (χ1v) is 43.6. The molecule has 0 aromatic carbocycles. The SMILES string of the molecule is CCCCOCC(O)CN(CCC[Si](OC)(OC)OC)C(=O)NCCCCCCN=c1oc(=O)n(CCCCCCNC(=O)N(CCC[Si](OC)(OC)OC)CC(O)COCCCC)c(=O)n1CCCCCCNC(=O)N(CCC[Si](OC)(OC)OC)CC(O)COC(=O)C(C)(CCC)CCCC. The monoisotopic (exact) mass is 1530 g/mol. The maximum atomic E-state index is 14.3. The largest absolute Gasteiger partial charge is 0.500 e. The van der Waals surface area contributed by atoms with Crippen molar-refractivity contribution in [1.29, 1.82) is 0 Å². The van der Waals surface area contributed by atoms with Gasteiger partial charge < -0.3 is 104 Å². The predicted molar refractivity (Wildman–Crippen MR) is 400 cm³/mol. The molecule has 1 aromatic rings. The molecule has 0 saturated carbocycles. The van der Waals surface area contributed by atoms with E-state index in [9.17, 15) is 44.1 Å². The van der Waals surface area contributed by atoms with Crippen LogP contribution in [-0.4, -0.2) is 270 Å². The number of aliphatic hydroxyl groups excluding tert-OH is 3. The van der Waals surface area contributed by atoms with Crippen LogP contribution in [-0.2, 0) is 71.9 Å². The van der Waals surface area contributed by atoms with Crippen LogP contribution in [0.4, 0.5) is 14.4 Å². The summed E-state index contributed by atoms with van der Waals surface area (Å²) in [5, 5.41) is 41.7. The standard InChI is InChI=1S/C69H139N9O22Si3/c1-15-19-38-69(5,37-18-4)62(82)99-58-61(81)55-76(45-36-52-103(94-12,95-13)96-14)65(85)72-40-29-24-26-32-46-77-66(73-42-31-23-22-28-39-70-63(83)74(53-59(79)56-97-48-20-16-2)43-34-50-101(88-6,89-7)90-8)100-68(87)78(67(77)86)47-33-27-25-30-41-71-64(84)75(54-60(80)57-98-49-21-17-3)44-35-51-102(91-9,92-10)93-11/h59-61,79-81H,15-58H2,1-14H3,(H,70,83)(H,71,84)(H,72,85). The van der Waals surface area contributed by atoms with E-state index in [4.69, 9.17) is 58.5 Å². The van der Waals surface area contributed by atoms with Crippen molar-refractivity contribution in [2.45, 2.75) is 238 Å². The minimum Gasteiger partial charge on any atom is -0.462 e. The normalized spacial score (nSPS) is 13.7. The minimum atomic E-state index is -2.97. The van der Waals surface area contributed by atoms with Gasteiger partial charge in [-0.1, -0.05) is 98.3 Å². The first kappa shape index (κ1) is 96.8. The lowest BCUT2D eigenvalue weighted by Crippen LogP contribution is -2.47. The number of unbranched alkanes of at least 4 members (excludes halogenated alkanes) is 12. The van der Waals surface area contributed by atoms with E-state index in [1.807, 2.05) is 13.8 Å². The number of rotatable bonds is 66. The van der Waals surface area contributed by atoms with E-state index in [-0.39, 0.29) is 89.3 Å². The fourth-order valence-corrected chi connectivity index (χ4v) is 16.9. The first-order chi connectivity index (χ1) is 49.5. The average Bonchev–Trinajstić information content (AvgIpc) is 0.808. The zero-order valence-electron chi connectivity index (χ0n) is 65.6. The number of amides is 6. The average molecular weight is 1530 g/mol. The van der Waals surface area contributed by atoms with E-state index >= 15 is 0 Å². The third-order valence-corrected chi connectivity index (χ3v) is 26.7. The zero-order chi connectivity index (χ0) is 76.8. The highest BCUT2D eigenvalue weighted by Crippen LogP contribution is 2.32. The summed E-state index contributed by atoms with van der Waals surface area (Å²) in [6.45, 7) is 13.7.